The Kier molecular flexibility index (Phi) is 4.90. The molecule has 0 amide bonds. The van der Waals surface area contributed by atoms with Crippen molar-refractivity contribution in [2.75, 3.05) is 7.11 Å². The summed E-state index contributed by atoms with van der Waals surface area (Å²) in [7, 11) is 1.59. The Morgan fingerprint density at radius 3 is 2.62 bits per heavy atom. The van der Waals surface area contributed by atoms with Gasteiger partial charge in [0.2, 0.25) is 0 Å². The third kappa shape index (κ3) is 3.03. The van der Waals surface area contributed by atoms with E-state index in [4.69, 9.17) is 4.74 Å². The maximum Gasteiger partial charge on any atom is 0.123 e. The lowest BCUT2D eigenvalue weighted by molar-refractivity contribution is -0.0182. The highest BCUT2D eigenvalue weighted by Gasteiger charge is 2.21. The molecule has 1 N–H and O–H groups in total. The number of hydrogen-bond acceptors (Lipinski definition) is 2. The van der Waals surface area contributed by atoms with Crippen LogP contribution in [0, 0.1) is 12.7 Å². The van der Waals surface area contributed by atoms with E-state index < -0.39 is 6.10 Å². The van der Waals surface area contributed by atoms with Crippen molar-refractivity contribution >= 4 is 0 Å². The van der Waals surface area contributed by atoms with Crippen LogP contribution < -0.4 is 0 Å². The van der Waals surface area contributed by atoms with Crippen molar-refractivity contribution in [2.45, 2.75) is 38.9 Å². The lowest BCUT2D eigenvalue weighted by Crippen LogP contribution is -2.21. The molecule has 2 unspecified atom stereocenters. The summed E-state index contributed by atoms with van der Waals surface area (Å²) in [5, 5.41) is 10.1. The number of methoxy groups -OCH3 is 1. The van der Waals surface area contributed by atoms with E-state index in [1.165, 1.54) is 12.1 Å². The minimum atomic E-state index is -0.689. The number of halogens is 1. The molecular formula is C13H19FO2. The Labute approximate surface area is 96.1 Å². The zero-order chi connectivity index (χ0) is 12.1. The first kappa shape index (κ1) is 13.1. The summed E-state index contributed by atoms with van der Waals surface area (Å²) in [6, 6.07) is 4.42. The molecule has 0 aliphatic heterocycles. The van der Waals surface area contributed by atoms with Crippen LogP contribution in [0.4, 0.5) is 4.39 Å². The number of benzene rings is 1. The van der Waals surface area contributed by atoms with Gasteiger partial charge in [-0.2, -0.15) is 0 Å². The highest BCUT2D eigenvalue weighted by atomic mass is 19.1. The molecule has 0 bridgehead atoms. The first-order valence-electron chi connectivity index (χ1n) is 5.57. The molecule has 0 saturated carbocycles. The molecule has 1 aromatic rings. The van der Waals surface area contributed by atoms with Crippen LogP contribution in [0.3, 0.4) is 0 Å². The Balaban J connectivity index is 2.89. The minimum absolute atomic E-state index is 0.228. The van der Waals surface area contributed by atoms with E-state index in [-0.39, 0.29) is 11.9 Å². The van der Waals surface area contributed by atoms with E-state index in [0.29, 0.717) is 0 Å². The van der Waals surface area contributed by atoms with Crippen LogP contribution in [0.1, 0.15) is 37.0 Å². The van der Waals surface area contributed by atoms with Gasteiger partial charge in [-0.15, -0.1) is 0 Å². The summed E-state index contributed by atoms with van der Waals surface area (Å²) in [5.74, 6) is -0.280. The van der Waals surface area contributed by atoms with Crippen molar-refractivity contribution in [2.24, 2.45) is 0 Å². The molecule has 16 heavy (non-hydrogen) atoms. The molecule has 0 fully saturated rings. The lowest BCUT2D eigenvalue weighted by atomic mass is 9.97. The Hall–Kier alpha value is -0.930. The van der Waals surface area contributed by atoms with Crippen LogP contribution in [0.5, 0.6) is 0 Å². The lowest BCUT2D eigenvalue weighted by Gasteiger charge is -2.22. The van der Waals surface area contributed by atoms with Gasteiger partial charge in [-0.25, -0.2) is 4.39 Å². The summed E-state index contributed by atoms with van der Waals surface area (Å²) in [4.78, 5) is 0. The molecule has 0 aliphatic rings. The van der Waals surface area contributed by atoms with Crippen LogP contribution in [-0.2, 0) is 4.74 Å². The molecule has 0 aliphatic carbocycles. The van der Waals surface area contributed by atoms with Gasteiger partial charge in [-0.05, 0) is 36.6 Å². The fourth-order valence-corrected chi connectivity index (χ4v) is 1.86. The predicted octanol–water partition coefficient (Wildman–Crippen LogP) is 2.98. The average molecular weight is 226 g/mol. The van der Waals surface area contributed by atoms with Crippen molar-refractivity contribution < 1.29 is 14.2 Å². The minimum Gasteiger partial charge on any atom is -0.386 e. The zero-order valence-electron chi connectivity index (χ0n) is 10.0. The van der Waals surface area contributed by atoms with Gasteiger partial charge < -0.3 is 9.84 Å². The maximum atomic E-state index is 12.9. The second-order valence-electron chi connectivity index (χ2n) is 4.01. The van der Waals surface area contributed by atoms with Gasteiger partial charge in [0, 0.05) is 7.11 Å². The summed E-state index contributed by atoms with van der Waals surface area (Å²) < 4.78 is 18.2. The van der Waals surface area contributed by atoms with E-state index in [2.05, 4.69) is 0 Å². The molecule has 0 radical (unpaired) electrons. The smallest absolute Gasteiger partial charge is 0.123 e. The SMILES string of the molecule is CCCC(OC)C(O)c1ccc(F)cc1C. The predicted molar refractivity (Wildman–Crippen MR) is 61.8 cm³/mol. The Morgan fingerprint density at radius 1 is 1.44 bits per heavy atom. The fraction of sp³-hybridized carbons (Fsp3) is 0.538. The molecule has 1 rings (SSSR count). The van der Waals surface area contributed by atoms with Gasteiger partial charge in [0.05, 0.1) is 6.10 Å². The van der Waals surface area contributed by atoms with E-state index in [1.54, 1.807) is 20.1 Å². The van der Waals surface area contributed by atoms with Gasteiger partial charge in [-0.1, -0.05) is 19.4 Å². The van der Waals surface area contributed by atoms with Crippen molar-refractivity contribution in [1.82, 2.24) is 0 Å². The van der Waals surface area contributed by atoms with Crippen molar-refractivity contribution in [3.05, 3.63) is 35.1 Å². The van der Waals surface area contributed by atoms with Gasteiger partial charge in [-0.3, -0.25) is 0 Å². The van der Waals surface area contributed by atoms with Crippen LogP contribution in [0.25, 0.3) is 0 Å². The van der Waals surface area contributed by atoms with Crippen molar-refractivity contribution in [1.29, 1.82) is 0 Å². The molecule has 0 spiro atoms. The second-order valence-corrected chi connectivity index (χ2v) is 4.01. The molecule has 2 nitrogen and oxygen atoms in total. The normalized spacial score (nSPS) is 14.8. The van der Waals surface area contributed by atoms with E-state index in [9.17, 15) is 9.50 Å². The van der Waals surface area contributed by atoms with Gasteiger partial charge >= 0.3 is 0 Å². The maximum absolute atomic E-state index is 12.9. The van der Waals surface area contributed by atoms with Crippen LogP contribution >= 0.6 is 0 Å². The van der Waals surface area contributed by atoms with Crippen LogP contribution in [0.15, 0.2) is 18.2 Å². The van der Waals surface area contributed by atoms with Crippen LogP contribution in [0.2, 0.25) is 0 Å². The monoisotopic (exact) mass is 226 g/mol. The standard InChI is InChI=1S/C13H19FO2/c1-4-5-12(16-3)13(15)11-7-6-10(14)8-9(11)2/h6-8,12-13,15H,4-5H2,1-3H3. The number of hydrogen-bond donors (Lipinski definition) is 1. The van der Waals surface area contributed by atoms with E-state index in [0.717, 1.165) is 24.0 Å². The third-order valence-corrected chi connectivity index (χ3v) is 2.78. The summed E-state index contributed by atoms with van der Waals surface area (Å²) in [6.07, 6.45) is 0.810. The van der Waals surface area contributed by atoms with E-state index >= 15 is 0 Å². The number of aryl methyl sites for hydroxylation is 1. The molecule has 1 aromatic carbocycles. The number of rotatable bonds is 5. The Morgan fingerprint density at radius 2 is 2.12 bits per heavy atom. The molecule has 90 valence electrons. The highest BCUT2D eigenvalue weighted by molar-refractivity contribution is 5.29. The van der Waals surface area contributed by atoms with Crippen molar-refractivity contribution in [3.8, 4) is 0 Å². The number of ether oxygens (including phenoxy) is 1. The van der Waals surface area contributed by atoms with Gasteiger partial charge in [0.1, 0.15) is 11.9 Å². The Bertz CT molecular complexity index is 339. The molecule has 0 saturated heterocycles. The van der Waals surface area contributed by atoms with Gasteiger partial charge in [0.25, 0.3) is 0 Å². The van der Waals surface area contributed by atoms with E-state index in [1.807, 2.05) is 6.92 Å². The summed E-state index contributed by atoms with van der Waals surface area (Å²) in [5.41, 5.74) is 1.49. The first-order valence-corrected chi connectivity index (χ1v) is 5.57. The molecule has 3 heteroatoms. The average Bonchev–Trinajstić information content (AvgIpc) is 2.25. The van der Waals surface area contributed by atoms with Crippen molar-refractivity contribution in [3.63, 3.8) is 0 Å². The summed E-state index contributed by atoms with van der Waals surface area (Å²) in [6.45, 7) is 3.83. The number of aliphatic hydroxyl groups is 1. The first-order chi connectivity index (χ1) is 7.60. The highest BCUT2D eigenvalue weighted by Crippen LogP contribution is 2.25. The topological polar surface area (TPSA) is 29.5 Å². The number of aliphatic hydroxyl groups excluding tert-OH is 1. The molecule has 2 atom stereocenters. The largest absolute Gasteiger partial charge is 0.386 e. The molecular weight excluding hydrogens is 207 g/mol. The quantitative estimate of drug-likeness (QED) is 0.836. The summed E-state index contributed by atoms with van der Waals surface area (Å²) >= 11 is 0. The zero-order valence-corrected chi connectivity index (χ0v) is 10.0. The molecule has 0 aromatic heterocycles. The third-order valence-electron chi connectivity index (χ3n) is 2.78. The molecule has 0 heterocycles. The fourth-order valence-electron chi connectivity index (χ4n) is 1.86. The van der Waals surface area contributed by atoms with Gasteiger partial charge in [0.15, 0.2) is 0 Å². The van der Waals surface area contributed by atoms with Crippen LogP contribution in [-0.4, -0.2) is 18.3 Å². The second kappa shape index (κ2) is 5.97.